The molecule has 0 aromatic heterocycles. The van der Waals surface area contributed by atoms with E-state index in [1.54, 1.807) is 19.1 Å². The second kappa shape index (κ2) is 12.7. The van der Waals surface area contributed by atoms with Crippen molar-refractivity contribution in [3.05, 3.63) is 0 Å². The van der Waals surface area contributed by atoms with Crippen molar-refractivity contribution in [1.29, 1.82) is 0 Å². The number of rotatable bonds is 10. The van der Waals surface area contributed by atoms with Crippen molar-refractivity contribution in [3.8, 4) is 0 Å². The van der Waals surface area contributed by atoms with Crippen molar-refractivity contribution in [3.63, 3.8) is 0 Å². The molecule has 116 valence electrons. The topological polar surface area (TPSA) is 64.8 Å². The van der Waals surface area contributed by atoms with Gasteiger partial charge >= 0.3 is 0 Å². The molecule has 2 atom stereocenters. The first-order chi connectivity index (χ1) is 8.58. The van der Waals surface area contributed by atoms with Gasteiger partial charge in [0.1, 0.15) is 0 Å². The number of carbonyl (C=O) groups excluding carboxylic acids is 1. The third-order valence-electron chi connectivity index (χ3n) is 3.20. The highest BCUT2D eigenvalue weighted by Gasteiger charge is 2.24. The van der Waals surface area contributed by atoms with Gasteiger partial charge < -0.3 is 20.1 Å². The predicted molar refractivity (Wildman–Crippen MR) is 79.6 cm³/mol. The molecule has 0 aliphatic carbocycles. The minimum absolute atomic E-state index is 0. The minimum atomic E-state index is -0.422. The molecule has 0 aromatic carbocycles. The lowest BCUT2D eigenvalue weighted by molar-refractivity contribution is -0.134. The third kappa shape index (κ3) is 8.42. The first-order valence-corrected chi connectivity index (χ1v) is 6.60. The number of nitrogens with two attached hydrogens (primary N) is 1. The highest BCUT2D eigenvalue weighted by molar-refractivity contribution is 5.85. The maximum atomic E-state index is 12.2. The number of methoxy groups -OCH3 is 2. The zero-order valence-electron chi connectivity index (χ0n) is 12.6. The van der Waals surface area contributed by atoms with Crippen LogP contribution in [0.5, 0.6) is 0 Å². The van der Waals surface area contributed by atoms with Gasteiger partial charge in [0.2, 0.25) is 5.91 Å². The molecule has 1 amide bonds. The van der Waals surface area contributed by atoms with E-state index in [2.05, 4.69) is 0 Å². The summed E-state index contributed by atoms with van der Waals surface area (Å²) in [5.74, 6) is 0.211. The van der Waals surface area contributed by atoms with Crippen LogP contribution in [0.4, 0.5) is 0 Å². The zero-order chi connectivity index (χ0) is 14.0. The number of nitrogens with zero attached hydrogens (tertiary/aromatic N) is 1. The maximum Gasteiger partial charge on any atom is 0.239 e. The SMILES string of the molecule is CCC(C)C(N)C(=O)N(CCCOC)CCOC.Cl. The van der Waals surface area contributed by atoms with Gasteiger partial charge in [-0.05, 0) is 12.3 Å². The van der Waals surface area contributed by atoms with Crippen LogP contribution in [0.3, 0.4) is 0 Å². The van der Waals surface area contributed by atoms with Gasteiger partial charge in [-0.15, -0.1) is 12.4 Å². The molecule has 0 radical (unpaired) electrons. The Kier molecular flexibility index (Phi) is 14.0. The Morgan fingerprint density at radius 2 is 1.79 bits per heavy atom. The van der Waals surface area contributed by atoms with E-state index < -0.39 is 6.04 Å². The van der Waals surface area contributed by atoms with Crippen LogP contribution in [-0.4, -0.2) is 57.4 Å². The van der Waals surface area contributed by atoms with Crippen LogP contribution in [0.15, 0.2) is 0 Å². The number of hydrogen-bond acceptors (Lipinski definition) is 4. The van der Waals surface area contributed by atoms with E-state index in [0.717, 1.165) is 12.8 Å². The predicted octanol–water partition coefficient (Wildman–Crippen LogP) is 1.29. The number of halogens is 1. The monoisotopic (exact) mass is 296 g/mol. The van der Waals surface area contributed by atoms with Gasteiger partial charge in [-0.2, -0.15) is 0 Å². The fourth-order valence-electron chi connectivity index (χ4n) is 1.64. The number of amides is 1. The largest absolute Gasteiger partial charge is 0.385 e. The fourth-order valence-corrected chi connectivity index (χ4v) is 1.64. The van der Waals surface area contributed by atoms with Gasteiger partial charge in [0.15, 0.2) is 0 Å². The second-order valence-electron chi connectivity index (χ2n) is 4.58. The van der Waals surface area contributed by atoms with Gasteiger partial charge in [0.25, 0.3) is 0 Å². The van der Waals surface area contributed by atoms with E-state index in [1.165, 1.54) is 0 Å². The Balaban J connectivity index is 0. The minimum Gasteiger partial charge on any atom is -0.385 e. The lowest BCUT2D eigenvalue weighted by Gasteiger charge is -2.27. The fraction of sp³-hybridized carbons (Fsp3) is 0.923. The molecule has 0 fully saturated rings. The molecular weight excluding hydrogens is 268 g/mol. The van der Waals surface area contributed by atoms with Crippen LogP contribution in [0.2, 0.25) is 0 Å². The third-order valence-corrected chi connectivity index (χ3v) is 3.20. The summed E-state index contributed by atoms with van der Waals surface area (Å²) in [6.07, 6.45) is 1.72. The average Bonchev–Trinajstić information content (AvgIpc) is 2.40. The summed E-state index contributed by atoms with van der Waals surface area (Å²) in [6.45, 7) is 6.49. The quantitative estimate of drug-likeness (QED) is 0.617. The molecule has 0 saturated carbocycles. The summed E-state index contributed by atoms with van der Waals surface area (Å²) in [6, 6.07) is -0.422. The molecule has 0 spiro atoms. The number of ether oxygens (including phenoxy) is 2. The summed E-state index contributed by atoms with van der Waals surface area (Å²) in [5.41, 5.74) is 5.98. The molecule has 5 nitrogen and oxygen atoms in total. The number of carbonyl (C=O) groups is 1. The second-order valence-corrected chi connectivity index (χ2v) is 4.58. The van der Waals surface area contributed by atoms with E-state index in [-0.39, 0.29) is 24.2 Å². The normalized spacial score (nSPS) is 13.5. The van der Waals surface area contributed by atoms with E-state index >= 15 is 0 Å². The first-order valence-electron chi connectivity index (χ1n) is 6.60. The maximum absolute atomic E-state index is 12.2. The van der Waals surface area contributed by atoms with Crippen molar-refractivity contribution < 1.29 is 14.3 Å². The van der Waals surface area contributed by atoms with Crippen LogP contribution >= 0.6 is 12.4 Å². The molecule has 0 heterocycles. The smallest absolute Gasteiger partial charge is 0.239 e. The highest BCUT2D eigenvalue weighted by Crippen LogP contribution is 2.09. The van der Waals surface area contributed by atoms with Gasteiger partial charge in [0.05, 0.1) is 12.6 Å². The van der Waals surface area contributed by atoms with Crippen LogP contribution < -0.4 is 5.73 Å². The molecule has 6 heteroatoms. The van der Waals surface area contributed by atoms with Crippen molar-refractivity contribution in [2.45, 2.75) is 32.7 Å². The zero-order valence-corrected chi connectivity index (χ0v) is 13.4. The summed E-state index contributed by atoms with van der Waals surface area (Å²) in [7, 11) is 3.29. The summed E-state index contributed by atoms with van der Waals surface area (Å²) >= 11 is 0. The van der Waals surface area contributed by atoms with Gasteiger partial charge in [-0.1, -0.05) is 20.3 Å². The molecule has 0 aliphatic rings. The molecule has 0 bridgehead atoms. The van der Waals surface area contributed by atoms with Crippen LogP contribution in [0, 0.1) is 5.92 Å². The van der Waals surface area contributed by atoms with E-state index in [9.17, 15) is 4.79 Å². The lowest BCUT2D eigenvalue weighted by Crippen LogP contribution is -2.48. The van der Waals surface area contributed by atoms with E-state index in [0.29, 0.717) is 26.3 Å². The Labute approximate surface area is 123 Å². The molecule has 0 aliphatic heterocycles. The van der Waals surface area contributed by atoms with Crippen LogP contribution in [-0.2, 0) is 14.3 Å². The Bertz CT molecular complexity index is 230. The molecule has 2 unspecified atom stereocenters. The van der Waals surface area contributed by atoms with Gasteiger partial charge in [-0.3, -0.25) is 4.79 Å². The van der Waals surface area contributed by atoms with Crippen molar-refractivity contribution in [2.24, 2.45) is 11.7 Å². The molecule has 0 saturated heterocycles. The highest BCUT2D eigenvalue weighted by atomic mass is 35.5. The van der Waals surface area contributed by atoms with Crippen molar-refractivity contribution in [1.82, 2.24) is 4.90 Å². The van der Waals surface area contributed by atoms with Crippen molar-refractivity contribution in [2.75, 3.05) is 40.5 Å². The molecule has 19 heavy (non-hydrogen) atoms. The van der Waals surface area contributed by atoms with Crippen LogP contribution in [0.1, 0.15) is 26.7 Å². The Morgan fingerprint density at radius 1 is 1.21 bits per heavy atom. The first kappa shape index (κ1) is 20.9. The standard InChI is InChI=1S/C13H28N2O3.ClH/c1-5-11(2)12(14)13(16)15(8-10-18-4)7-6-9-17-3;/h11-12H,5-10,14H2,1-4H3;1H. The van der Waals surface area contributed by atoms with Crippen LogP contribution in [0.25, 0.3) is 0 Å². The summed E-state index contributed by atoms with van der Waals surface area (Å²) < 4.78 is 10.0. The Morgan fingerprint density at radius 3 is 2.26 bits per heavy atom. The van der Waals surface area contributed by atoms with Gasteiger partial charge in [0, 0.05) is 33.9 Å². The molecule has 0 rings (SSSR count). The summed E-state index contributed by atoms with van der Waals surface area (Å²) in [4.78, 5) is 14.0. The average molecular weight is 297 g/mol. The van der Waals surface area contributed by atoms with E-state index in [1.807, 2.05) is 13.8 Å². The van der Waals surface area contributed by atoms with E-state index in [4.69, 9.17) is 15.2 Å². The molecule has 0 aromatic rings. The molecular formula is C13H29ClN2O3. The van der Waals surface area contributed by atoms with Crippen molar-refractivity contribution >= 4 is 18.3 Å². The summed E-state index contributed by atoms with van der Waals surface area (Å²) in [5, 5.41) is 0. The molecule has 2 N–H and O–H groups in total. The Hall–Kier alpha value is -0.360. The van der Waals surface area contributed by atoms with Gasteiger partial charge in [-0.25, -0.2) is 0 Å². The number of hydrogen-bond donors (Lipinski definition) is 1. The lowest BCUT2D eigenvalue weighted by atomic mass is 9.99.